The summed E-state index contributed by atoms with van der Waals surface area (Å²) in [5.74, 6) is 1.94. The van der Waals surface area contributed by atoms with Gasteiger partial charge < -0.3 is 5.32 Å². The first-order chi connectivity index (χ1) is 9.35. The molecule has 1 N–H and O–H groups in total. The number of aryl methyl sites for hydroxylation is 1. The largest absolute Gasteiger partial charge is 0.307 e. The first-order valence-electron chi connectivity index (χ1n) is 7.95. The lowest BCUT2D eigenvalue weighted by Crippen LogP contribution is -2.37. The van der Waals surface area contributed by atoms with Crippen LogP contribution in [0.3, 0.4) is 0 Å². The van der Waals surface area contributed by atoms with Crippen molar-refractivity contribution >= 4 is 0 Å². The maximum atomic E-state index is 4.38. The van der Waals surface area contributed by atoms with Crippen LogP contribution in [0.2, 0.25) is 0 Å². The first-order valence-corrected chi connectivity index (χ1v) is 7.95. The summed E-state index contributed by atoms with van der Waals surface area (Å²) in [5.41, 5.74) is 0. The summed E-state index contributed by atoms with van der Waals surface area (Å²) in [4.78, 5) is 4.38. The van der Waals surface area contributed by atoms with E-state index in [0.717, 1.165) is 31.3 Å². The fourth-order valence-corrected chi connectivity index (χ4v) is 3.23. The quantitative estimate of drug-likeness (QED) is 0.822. The van der Waals surface area contributed by atoms with Gasteiger partial charge in [0.05, 0.1) is 6.54 Å². The Hall–Kier alpha value is -0.900. The molecule has 1 aliphatic rings. The maximum absolute atomic E-state index is 4.38. The van der Waals surface area contributed by atoms with Crippen molar-refractivity contribution < 1.29 is 0 Å². The summed E-state index contributed by atoms with van der Waals surface area (Å²) in [6, 6.07) is 0.645. The highest BCUT2D eigenvalue weighted by molar-refractivity contribution is 4.87. The molecule has 1 aliphatic carbocycles. The average molecular weight is 264 g/mol. The minimum Gasteiger partial charge on any atom is -0.307 e. The Balaban J connectivity index is 1.86. The number of rotatable bonds is 7. The van der Waals surface area contributed by atoms with Crippen molar-refractivity contribution in [2.45, 2.75) is 77.9 Å². The van der Waals surface area contributed by atoms with Gasteiger partial charge in [-0.05, 0) is 31.6 Å². The van der Waals surface area contributed by atoms with Gasteiger partial charge in [-0.15, -0.1) is 0 Å². The molecule has 0 aliphatic heterocycles. The van der Waals surface area contributed by atoms with Crippen LogP contribution in [0.15, 0.2) is 6.33 Å². The summed E-state index contributed by atoms with van der Waals surface area (Å²) >= 11 is 0. The SMILES string of the molecule is CCCn1ncnc1CNC(CC)C1CCCCC1. The van der Waals surface area contributed by atoms with Crippen LogP contribution >= 0.6 is 0 Å². The minimum absolute atomic E-state index is 0.645. The van der Waals surface area contributed by atoms with Crippen LogP contribution in [0.4, 0.5) is 0 Å². The van der Waals surface area contributed by atoms with Crippen LogP contribution in [-0.4, -0.2) is 20.8 Å². The Morgan fingerprint density at radius 3 is 2.79 bits per heavy atom. The second kappa shape index (κ2) is 7.63. The third-order valence-electron chi connectivity index (χ3n) is 4.31. The molecule has 0 radical (unpaired) electrons. The Morgan fingerprint density at radius 1 is 1.32 bits per heavy atom. The molecule has 4 nitrogen and oxygen atoms in total. The molecule has 108 valence electrons. The van der Waals surface area contributed by atoms with E-state index in [2.05, 4.69) is 29.2 Å². The molecular formula is C15H28N4. The van der Waals surface area contributed by atoms with Crippen molar-refractivity contribution in [3.8, 4) is 0 Å². The van der Waals surface area contributed by atoms with E-state index >= 15 is 0 Å². The highest BCUT2D eigenvalue weighted by Crippen LogP contribution is 2.27. The van der Waals surface area contributed by atoms with Crippen molar-refractivity contribution in [1.82, 2.24) is 20.1 Å². The molecule has 1 fully saturated rings. The molecule has 1 unspecified atom stereocenters. The molecule has 1 atom stereocenters. The molecule has 0 spiro atoms. The van der Waals surface area contributed by atoms with Gasteiger partial charge in [-0.25, -0.2) is 9.67 Å². The van der Waals surface area contributed by atoms with Crippen molar-refractivity contribution in [1.29, 1.82) is 0 Å². The molecule has 2 rings (SSSR count). The lowest BCUT2D eigenvalue weighted by atomic mass is 9.83. The van der Waals surface area contributed by atoms with Gasteiger partial charge in [0.15, 0.2) is 0 Å². The number of nitrogens with zero attached hydrogens (tertiary/aromatic N) is 3. The molecule has 0 saturated heterocycles. The van der Waals surface area contributed by atoms with Gasteiger partial charge in [-0.3, -0.25) is 0 Å². The smallest absolute Gasteiger partial charge is 0.140 e. The minimum atomic E-state index is 0.645. The van der Waals surface area contributed by atoms with E-state index in [1.165, 1.54) is 38.5 Å². The van der Waals surface area contributed by atoms with E-state index < -0.39 is 0 Å². The zero-order valence-electron chi connectivity index (χ0n) is 12.4. The van der Waals surface area contributed by atoms with E-state index in [1.807, 2.05) is 4.68 Å². The van der Waals surface area contributed by atoms with Gasteiger partial charge in [0.2, 0.25) is 0 Å². The van der Waals surface area contributed by atoms with Crippen LogP contribution < -0.4 is 5.32 Å². The summed E-state index contributed by atoms with van der Waals surface area (Å²) in [7, 11) is 0. The summed E-state index contributed by atoms with van der Waals surface area (Å²) in [5, 5.41) is 8.00. The van der Waals surface area contributed by atoms with Crippen LogP contribution in [-0.2, 0) is 13.1 Å². The van der Waals surface area contributed by atoms with Gasteiger partial charge >= 0.3 is 0 Å². The molecule has 1 aromatic heterocycles. The molecular weight excluding hydrogens is 236 g/mol. The maximum Gasteiger partial charge on any atom is 0.140 e. The Bertz CT molecular complexity index is 355. The second-order valence-electron chi connectivity index (χ2n) is 5.69. The zero-order valence-corrected chi connectivity index (χ0v) is 12.4. The summed E-state index contributed by atoms with van der Waals surface area (Å²) in [6.07, 6.45) is 11.0. The van der Waals surface area contributed by atoms with Crippen molar-refractivity contribution in [3.05, 3.63) is 12.2 Å². The van der Waals surface area contributed by atoms with E-state index in [0.29, 0.717) is 6.04 Å². The number of nitrogens with one attached hydrogen (secondary N) is 1. The number of hydrogen-bond donors (Lipinski definition) is 1. The third-order valence-corrected chi connectivity index (χ3v) is 4.31. The van der Waals surface area contributed by atoms with E-state index in [1.54, 1.807) is 6.33 Å². The van der Waals surface area contributed by atoms with Crippen molar-refractivity contribution in [3.63, 3.8) is 0 Å². The zero-order chi connectivity index (χ0) is 13.5. The highest BCUT2D eigenvalue weighted by Gasteiger charge is 2.22. The fourth-order valence-electron chi connectivity index (χ4n) is 3.23. The van der Waals surface area contributed by atoms with Crippen LogP contribution in [0.1, 0.15) is 64.6 Å². The molecule has 0 bridgehead atoms. The summed E-state index contributed by atoms with van der Waals surface area (Å²) < 4.78 is 2.03. The molecule has 4 heteroatoms. The predicted octanol–water partition coefficient (Wildman–Crippen LogP) is 3.14. The van der Waals surface area contributed by atoms with Gasteiger partial charge in [-0.1, -0.05) is 33.1 Å². The molecule has 19 heavy (non-hydrogen) atoms. The van der Waals surface area contributed by atoms with Crippen LogP contribution in [0, 0.1) is 5.92 Å². The van der Waals surface area contributed by atoms with E-state index in [-0.39, 0.29) is 0 Å². The Labute approximate surface area is 117 Å². The highest BCUT2D eigenvalue weighted by atomic mass is 15.3. The lowest BCUT2D eigenvalue weighted by Gasteiger charge is -2.30. The predicted molar refractivity (Wildman–Crippen MR) is 77.8 cm³/mol. The van der Waals surface area contributed by atoms with Crippen LogP contribution in [0.5, 0.6) is 0 Å². The molecule has 0 aromatic carbocycles. The van der Waals surface area contributed by atoms with E-state index in [9.17, 15) is 0 Å². The molecule has 1 saturated carbocycles. The van der Waals surface area contributed by atoms with Crippen molar-refractivity contribution in [2.75, 3.05) is 0 Å². The van der Waals surface area contributed by atoms with Gasteiger partial charge in [-0.2, -0.15) is 5.10 Å². The number of hydrogen-bond acceptors (Lipinski definition) is 3. The van der Waals surface area contributed by atoms with E-state index in [4.69, 9.17) is 0 Å². The monoisotopic (exact) mass is 264 g/mol. The van der Waals surface area contributed by atoms with Crippen LogP contribution in [0.25, 0.3) is 0 Å². The molecule has 0 amide bonds. The first kappa shape index (κ1) is 14.5. The second-order valence-corrected chi connectivity index (χ2v) is 5.69. The summed E-state index contributed by atoms with van der Waals surface area (Å²) in [6.45, 7) is 6.30. The fraction of sp³-hybridized carbons (Fsp3) is 0.867. The van der Waals surface area contributed by atoms with Gasteiger partial charge in [0.25, 0.3) is 0 Å². The van der Waals surface area contributed by atoms with Gasteiger partial charge in [0.1, 0.15) is 12.2 Å². The number of aromatic nitrogens is 3. The van der Waals surface area contributed by atoms with Gasteiger partial charge in [0, 0.05) is 12.6 Å². The molecule has 1 heterocycles. The average Bonchev–Trinajstić information content (AvgIpc) is 2.89. The topological polar surface area (TPSA) is 42.7 Å². The third kappa shape index (κ3) is 4.03. The standard InChI is InChI=1S/C15H28N4/c1-3-10-19-15(17-12-18-19)11-16-14(4-2)13-8-6-5-7-9-13/h12-14,16H,3-11H2,1-2H3. The Kier molecular flexibility index (Phi) is 5.83. The molecule has 1 aromatic rings. The van der Waals surface area contributed by atoms with Crippen molar-refractivity contribution in [2.24, 2.45) is 5.92 Å². The Morgan fingerprint density at radius 2 is 2.11 bits per heavy atom. The normalized spacial score (nSPS) is 18.6. The lowest BCUT2D eigenvalue weighted by molar-refractivity contribution is 0.259.